The molecule has 0 aliphatic carbocycles. The Kier molecular flexibility index (Phi) is 9.48. The maximum atomic E-state index is 10.7. The molecule has 3 aromatic rings. The van der Waals surface area contributed by atoms with Crippen LogP contribution in [0.25, 0.3) is 11.1 Å². The van der Waals surface area contributed by atoms with Crippen LogP contribution < -0.4 is 23.6 Å². The molecule has 132 valence electrons. The number of aryl methyl sites for hydroxylation is 1. The van der Waals surface area contributed by atoms with Crippen molar-refractivity contribution in [1.29, 1.82) is 0 Å². The fraction of sp³-hybridized carbons (Fsp3) is 0.105. The molecule has 0 atom stereocenters. The van der Waals surface area contributed by atoms with Gasteiger partial charge in [0, 0.05) is 0 Å². The average molecular weight is 350 g/mol. The van der Waals surface area contributed by atoms with Crippen LogP contribution in [0.15, 0.2) is 65.1 Å². The average Bonchev–Trinajstić information content (AvgIpc) is 3.04. The number of ether oxygens (including phenoxy) is 1. The van der Waals surface area contributed by atoms with E-state index in [-0.39, 0.29) is 42.2 Å². The van der Waals surface area contributed by atoms with E-state index < -0.39 is 5.97 Å². The summed E-state index contributed by atoms with van der Waals surface area (Å²) < 4.78 is 10.8. The summed E-state index contributed by atoms with van der Waals surface area (Å²) in [7, 11) is 0. The summed E-state index contributed by atoms with van der Waals surface area (Å²) in [5, 5.41) is 8.80. The van der Waals surface area contributed by atoms with Crippen molar-refractivity contribution in [2.45, 2.75) is 13.5 Å². The fourth-order valence-corrected chi connectivity index (χ4v) is 2.21. The molecule has 0 aliphatic rings. The van der Waals surface area contributed by atoms with E-state index in [1.54, 1.807) is 6.07 Å². The molecule has 2 aromatic carbocycles. The second-order valence-corrected chi connectivity index (χ2v) is 5.25. The van der Waals surface area contributed by atoms with E-state index in [1.807, 2.05) is 24.3 Å². The minimum Gasteiger partial charge on any atom is -0.870 e. The first-order valence-electron chi connectivity index (χ1n) is 7.24. The zero-order chi connectivity index (χ0) is 16.2. The largest absolute Gasteiger partial charge is 1.00 e. The summed E-state index contributed by atoms with van der Waals surface area (Å²) >= 11 is 0. The van der Waals surface area contributed by atoms with E-state index in [0.717, 1.165) is 11.1 Å². The van der Waals surface area contributed by atoms with Gasteiger partial charge in [-0.2, -0.15) is 0 Å². The van der Waals surface area contributed by atoms with Crippen molar-refractivity contribution >= 4 is 5.97 Å². The van der Waals surface area contributed by atoms with Crippen LogP contribution >= 0.6 is 0 Å². The number of benzene rings is 2. The van der Waals surface area contributed by atoms with E-state index >= 15 is 0 Å². The third-order valence-electron chi connectivity index (χ3n) is 3.49. The molecule has 1 heterocycles. The Bertz CT molecular complexity index is 809. The summed E-state index contributed by atoms with van der Waals surface area (Å²) in [6, 6.07) is 19.1. The molecule has 0 amide bonds. The predicted molar refractivity (Wildman–Crippen MR) is 92.2 cm³/mol. The summed E-state index contributed by atoms with van der Waals surface area (Å²) in [5.41, 5.74) is 3.50. The molecule has 4 N–H and O–H groups in total. The van der Waals surface area contributed by atoms with Gasteiger partial charge in [-0.3, -0.25) is 0 Å². The number of carboxylic acids is 1. The molecule has 7 heteroatoms. The van der Waals surface area contributed by atoms with Crippen molar-refractivity contribution < 1.29 is 48.9 Å². The molecular formula is C19H19LiO6. The van der Waals surface area contributed by atoms with Gasteiger partial charge in [0.1, 0.15) is 18.1 Å². The van der Waals surface area contributed by atoms with Crippen LogP contribution in [0.5, 0.6) is 5.75 Å². The van der Waals surface area contributed by atoms with Crippen LogP contribution in [0.3, 0.4) is 0 Å². The van der Waals surface area contributed by atoms with E-state index in [4.69, 9.17) is 14.3 Å². The van der Waals surface area contributed by atoms with Crippen LogP contribution in [-0.2, 0) is 6.61 Å². The van der Waals surface area contributed by atoms with Crippen LogP contribution in [-0.4, -0.2) is 22.0 Å². The van der Waals surface area contributed by atoms with Gasteiger partial charge >= 0.3 is 24.8 Å². The van der Waals surface area contributed by atoms with Gasteiger partial charge in [0.15, 0.2) is 0 Å². The number of aromatic carboxylic acids is 1. The van der Waals surface area contributed by atoms with Crippen LogP contribution in [0, 0.1) is 6.92 Å². The van der Waals surface area contributed by atoms with Gasteiger partial charge in [-0.15, -0.1) is 0 Å². The summed E-state index contributed by atoms with van der Waals surface area (Å²) in [4.78, 5) is 10.7. The molecule has 0 aliphatic heterocycles. The Morgan fingerprint density at radius 3 is 2.00 bits per heavy atom. The van der Waals surface area contributed by atoms with E-state index in [9.17, 15) is 4.79 Å². The molecule has 0 saturated heterocycles. The van der Waals surface area contributed by atoms with Gasteiger partial charge < -0.3 is 25.2 Å². The van der Waals surface area contributed by atoms with Gasteiger partial charge in [-0.1, -0.05) is 42.0 Å². The van der Waals surface area contributed by atoms with Crippen molar-refractivity contribution in [3.63, 3.8) is 0 Å². The predicted octanol–water partition coefficient (Wildman–Crippen LogP) is 0.535. The van der Waals surface area contributed by atoms with Crippen molar-refractivity contribution in [2.24, 2.45) is 0 Å². The quantitative estimate of drug-likeness (QED) is 0.673. The first-order valence-corrected chi connectivity index (χ1v) is 7.24. The van der Waals surface area contributed by atoms with Gasteiger partial charge in [0.25, 0.3) is 0 Å². The number of hydrogen-bond donors (Lipinski definition) is 1. The van der Waals surface area contributed by atoms with Crippen molar-refractivity contribution in [3.8, 4) is 16.9 Å². The molecule has 0 spiro atoms. The standard InChI is InChI=1S/C19H16O4.Li.2H2O/c1-13-2-4-14(5-3-13)15-6-8-16(9-7-15)22-12-17-10-11-18(23-17)19(20)21;;;/h2-11H,12H2,1H3,(H,20,21);;2*1H2/q;+1;;/p-1. The summed E-state index contributed by atoms with van der Waals surface area (Å²) in [6.07, 6.45) is 0. The molecule has 0 radical (unpaired) electrons. The van der Waals surface area contributed by atoms with E-state index in [0.29, 0.717) is 11.5 Å². The van der Waals surface area contributed by atoms with Crippen LogP contribution in [0.2, 0.25) is 0 Å². The smallest absolute Gasteiger partial charge is 0.870 e. The molecular weight excluding hydrogens is 331 g/mol. The van der Waals surface area contributed by atoms with Crippen LogP contribution in [0.4, 0.5) is 0 Å². The number of furan rings is 1. The molecule has 1 aromatic heterocycles. The van der Waals surface area contributed by atoms with Gasteiger partial charge in [0.05, 0.1) is 0 Å². The minimum atomic E-state index is -1.08. The normalized spacial score (nSPS) is 9.27. The van der Waals surface area contributed by atoms with Crippen molar-refractivity contribution in [3.05, 3.63) is 77.7 Å². The zero-order valence-electron chi connectivity index (χ0n) is 14.6. The van der Waals surface area contributed by atoms with Crippen molar-refractivity contribution in [1.82, 2.24) is 0 Å². The van der Waals surface area contributed by atoms with E-state index in [2.05, 4.69) is 31.2 Å². The number of rotatable bonds is 5. The fourth-order valence-electron chi connectivity index (χ4n) is 2.21. The second-order valence-electron chi connectivity index (χ2n) is 5.25. The maximum Gasteiger partial charge on any atom is 1.00 e. The topological polar surface area (TPSA) is 121 Å². The first kappa shape index (κ1) is 23.5. The molecule has 0 saturated carbocycles. The molecule has 0 bridgehead atoms. The maximum absolute atomic E-state index is 10.7. The Labute approximate surface area is 163 Å². The van der Waals surface area contributed by atoms with E-state index in [1.165, 1.54) is 11.6 Å². The molecule has 3 rings (SSSR count). The third-order valence-corrected chi connectivity index (χ3v) is 3.49. The summed E-state index contributed by atoms with van der Waals surface area (Å²) in [5.74, 6) is 0.0103. The Morgan fingerprint density at radius 2 is 1.50 bits per heavy atom. The number of hydrogen-bond acceptors (Lipinski definition) is 4. The van der Waals surface area contributed by atoms with Gasteiger partial charge in [0.2, 0.25) is 5.76 Å². The SMILES string of the molecule is Cc1ccc(-c2ccc(OCc3ccc(C(=O)O)o3)cc2)cc1.O.[Li+].[OH-]. The van der Waals surface area contributed by atoms with Crippen molar-refractivity contribution in [2.75, 3.05) is 0 Å². The zero-order valence-corrected chi connectivity index (χ0v) is 14.6. The Balaban J connectivity index is 0.00000208. The van der Waals surface area contributed by atoms with Gasteiger partial charge in [-0.25, -0.2) is 4.79 Å². The van der Waals surface area contributed by atoms with Crippen LogP contribution in [0.1, 0.15) is 21.9 Å². The summed E-state index contributed by atoms with van der Waals surface area (Å²) in [6.45, 7) is 2.25. The second kappa shape index (κ2) is 10.5. The Morgan fingerprint density at radius 1 is 0.962 bits per heavy atom. The molecule has 0 fully saturated rings. The molecule has 6 nitrogen and oxygen atoms in total. The first-order chi connectivity index (χ1) is 11.1. The molecule has 26 heavy (non-hydrogen) atoms. The minimum absolute atomic E-state index is 0. The third kappa shape index (κ3) is 5.79. The van der Waals surface area contributed by atoms with Gasteiger partial charge in [-0.05, 0) is 42.3 Å². The molecule has 0 unspecified atom stereocenters. The Hall–Kier alpha value is -2.49. The monoisotopic (exact) mass is 350 g/mol. The number of carbonyl (C=O) groups is 1. The number of carboxylic acid groups (broad SMARTS) is 1.